The molecule has 5 heteroatoms. The maximum atomic E-state index is 12.7. The summed E-state index contributed by atoms with van der Waals surface area (Å²) in [5, 5.41) is 3.07. The van der Waals surface area contributed by atoms with Crippen molar-refractivity contribution in [2.75, 3.05) is 6.54 Å². The lowest BCUT2D eigenvalue weighted by atomic mass is 9.84. The third-order valence-corrected chi connectivity index (χ3v) is 6.40. The molecule has 0 unspecified atom stereocenters. The molecule has 0 saturated heterocycles. The third kappa shape index (κ3) is 2.73. The summed E-state index contributed by atoms with van der Waals surface area (Å²) in [7, 11) is 0. The van der Waals surface area contributed by atoms with Crippen molar-refractivity contribution in [2.45, 2.75) is 31.3 Å². The number of hydrogen-bond donors (Lipinski definition) is 1. The molecule has 2 aromatic rings. The number of carbonyl (C=O) groups excluding carboxylic acids is 2. The van der Waals surface area contributed by atoms with Gasteiger partial charge < -0.3 is 10.1 Å². The van der Waals surface area contributed by atoms with E-state index in [1.807, 2.05) is 36.4 Å². The molecule has 5 rings (SSSR count). The Bertz CT molecular complexity index is 897. The fraction of sp³-hybridized carbons (Fsp3) is 0.409. The van der Waals surface area contributed by atoms with Crippen LogP contribution in [0.3, 0.4) is 0 Å². The first-order valence-corrected chi connectivity index (χ1v) is 9.66. The summed E-state index contributed by atoms with van der Waals surface area (Å²) in [6, 6.07) is 11.4. The van der Waals surface area contributed by atoms with Crippen molar-refractivity contribution in [1.29, 1.82) is 0 Å². The molecule has 3 aliphatic rings. The van der Waals surface area contributed by atoms with Crippen molar-refractivity contribution in [3.05, 3.63) is 59.9 Å². The number of rotatable bonds is 4. The average molecular weight is 362 g/mol. The topological polar surface area (TPSA) is 68.3 Å². The van der Waals surface area contributed by atoms with Gasteiger partial charge in [0.25, 0.3) is 0 Å². The van der Waals surface area contributed by atoms with Gasteiger partial charge in [-0.3, -0.25) is 14.6 Å². The van der Waals surface area contributed by atoms with Gasteiger partial charge >= 0.3 is 0 Å². The lowest BCUT2D eigenvalue weighted by Gasteiger charge is -2.37. The first-order chi connectivity index (χ1) is 13.2. The van der Waals surface area contributed by atoms with Crippen LogP contribution < -0.4 is 10.1 Å². The quantitative estimate of drug-likeness (QED) is 0.908. The zero-order valence-electron chi connectivity index (χ0n) is 15.1. The Balaban J connectivity index is 1.25. The Morgan fingerprint density at radius 2 is 2.04 bits per heavy atom. The average Bonchev–Trinajstić information content (AvgIpc) is 3.34. The van der Waals surface area contributed by atoms with E-state index in [1.54, 1.807) is 12.4 Å². The standard InChI is InChI=1S/C22H22N2O3/c25-17-13-22(27-18-4-2-1-3-15(17)18)9-5-16-19(20(16)22)21(26)24-12-8-14-6-10-23-11-7-14/h1-4,6-7,10-11,16,19-20H,5,8-9,12-13H2,(H,24,26)/t16-,19+,20+,22-/m0/s1. The van der Waals surface area contributed by atoms with Gasteiger partial charge in [0, 0.05) is 30.8 Å². The molecule has 1 aromatic carbocycles. The van der Waals surface area contributed by atoms with E-state index in [-0.39, 0.29) is 23.5 Å². The molecule has 138 valence electrons. The van der Waals surface area contributed by atoms with Crippen LogP contribution in [0.5, 0.6) is 5.75 Å². The highest BCUT2D eigenvalue weighted by atomic mass is 16.5. The van der Waals surface area contributed by atoms with Crippen LogP contribution in [-0.4, -0.2) is 28.8 Å². The number of pyridine rings is 1. The Morgan fingerprint density at radius 1 is 1.22 bits per heavy atom. The van der Waals surface area contributed by atoms with Crippen LogP contribution in [0.15, 0.2) is 48.8 Å². The number of nitrogens with one attached hydrogen (secondary N) is 1. The summed E-state index contributed by atoms with van der Waals surface area (Å²) in [4.78, 5) is 29.3. The summed E-state index contributed by atoms with van der Waals surface area (Å²) in [5.74, 6) is 1.42. The lowest BCUT2D eigenvalue weighted by molar-refractivity contribution is -0.124. The van der Waals surface area contributed by atoms with E-state index >= 15 is 0 Å². The number of nitrogens with zero attached hydrogens (tertiary/aromatic N) is 1. The first kappa shape index (κ1) is 16.5. The van der Waals surface area contributed by atoms with E-state index in [2.05, 4.69) is 10.3 Å². The SMILES string of the molecule is O=C1C[C@]2(CC[C@H]3[C@@H](C(=O)NCCc4ccncc4)[C@@H]32)Oc2ccccc21. The first-order valence-electron chi connectivity index (χ1n) is 9.66. The molecular formula is C22H22N2O3. The molecule has 0 bridgehead atoms. The Hall–Kier alpha value is -2.69. The van der Waals surface area contributed by atoms with Gasteiger partial charge in [0.05, 0.1) is 12.0 Å². The molecule has 1 aromatic heterocycles. The predicted octanol–water partition coefficient (Wildman–Crippen LogP) is 2.80. The number of Topliss-reactive ketones (excluding diaryl/α,β-unsaturated/α-hetero) is 1. The predicted molar refractivity (Wildman–Crippen MR) is 99.4 cm³/mol. The van der Waals surface area contributed by atoms with Crippen LogP contribution in [0.4, 0.5) is 0 Å². The molecule has 27 heavy (non-hydrogen) atoms. The maximum absolute atomic E-state index is 12.7. The van der Waals surface area contributed by atoms with E-state index in [9.17, 15) is 9.59 Å². The van der Waals surface area contributed by atoms with Gasteiger partial charge in [0.2, 0.25) is 5.91 Å². The second kappa shape index (κ2) is 6.19. The van der Waals surface area contributed by atoms with E-state index in [0.29, 0.717) is 30.2 Å². The number of ether oxygens (including phenoxy) is 1. The van der Waals surface area contributed by atoms with Crippen molar-refractivity contribution in [2.24, 2.45) is 17.8 Å². The van der Waals surface area contributed by atoms with Gasteiger partial charge in [-0.1, -0.05) is 12.1 Å². The molecule has 1 spiro atoms. The maximum Gasteiger partial charge on any atom is 0.223 e. The number of carbonyl (C=O) groups is 2. The molecule has 1 N–H and O–H groups in total. The number of hydrogen-bond acceptors (Lipinski definition) is 4. The van der Waals surface area contributed by atoms with Crippen LogP contribution in [-0.2, 0) is 11.2 Å². The highest BCUT2D eigenvalue weighted by molar-refractivity contribution is 6.00. The molecular weight excluding hydrogens is 340 g/mol. The molecule has 1 aliphatic heterocycles. The number of amides is 1. The molecule has 2 fully saturated rings. The van der Waals surface area contributed by atoms with Crippen LogP contribution in [0, 0.1) is 17.8 Å². The van der Waals surface area contributed by atoms with E-state index in [1.165, 1.54) is 0 Å². The van der Waals surface area contributed by atoms with Gasteiger partial charge in [-0.15, -0.1) is 0 Å². The second-order valence-corrected chi connectivity index (χ2v) is 7.91. The normalized spacial score (nSPS) is 30.4. The summed E-state index contributed by atoms with van der Waals surface area (Å²) >= 11 is 0. The highest BCUT2D eigenvalue weighted by Gasteiger charge is 2.70. The van der Waals surface area contributed by atoms with Crippen molar-refractivity contribution < 1.29 is 14.3 Å². The van der Waals surface area contributed by atoms with Gasteiger partial charge in [0.15, 0.2) is 5.78 Å². The molecule has 1 amide bonds. The van der Waals surface area contributed by atoms with Crippen LogP contribution in [0.25, 0.3) is 0 Å². The van der Waals surface area contributed by atoms with E-state index in [0.717, 1.165) is 24.8 Å². The highest BCUT2D eigenvalue weighted by Crippen LogP contribution is 2.65. The fourth-order valence-corrected chi connectivity index (χ4v) is 5.12. The summed E-state index contributed by atoms with van der Waals surface area (Å²) in [6.07, 6.45) is 6.55. The number of ketones is 1. The van der Waals surface area contributed by atoms with Crippen LogP contribution in [0.2, 0.25) is 0 Å². The second-order valence-electron chi connectivity index (χ2n) is 7.91. The van der Waals surface area contributed by atoms with Crippen molar-refractivity contribution in [3.8, 4) is 5.75 Å². The van der Waals surface area contributed by atoms with Crippen LogP contribution in [0.1, 0.15) is 35.2 Å². The third-order valence-electron chi connectivity index (χ3n) is 6.40. The van der Waals surface area contributed by atoms with Crippen molar-refractivity contribution >= 4 is 11.7 Å². The van der Waals surface area contributed by atoms with Crippen molar-refractivity contribution in [3.63, 3.8) is 0 Å². The molecule has 4 atom stereocenters. The van der Waals surface area contributed by atoms with Gasteiger partial charge in [-0.05, 0) is 55.0 Å². The monoisotopic (exact) mass is 362 g/mol. The zero-order valence-corrected chi connectivity index (χ0v) is 15.1. The van der Waals surface area contributed by atoms with E-state index in [4.69, 9.17) is 4.74 Å². The minimum atomic E-state index is -0.483. The number of aromatic nitrogens is 1. The minimum absolute atomic E-state index is 0.0192. The molecule has 2 heterocycles. The Morgan fingerprint density at radius 3 is 2.89 bits per heavy atom. The summed E-state index contributed by atoms with van der Waals surface area (Å²) in [6.45, 7) is 0.619. The number of para-hydroxylation sites is 1. The summed E-state index contributed by atoms with van der Waals surface area (Å²) < 4.78 is 6.35. The lowest BCUT2D eigenvalue weighted by Crippen LogP contribution is -2.44. The molecule has 5 nitrogen and oxygen atoms in total. The molecule has 2 aliphatic carbocycles. The fourth-order valence-electron chi connectivity index (χ4n) is 5.12. The van der Waals surface area contributed by atoms with E-state index < -0.39 is 5.60 Å². The van der Waals surface area contributed by atoms with Gasteiger partial charge in [-0.2, -0.15) is 0 Å². The largest absolute Gasteiger partial charge is 0.486 e. The Labute approximate surface area is 158 Å². The number of benzene rings is 1. The smallest absolute Gasteiger partial charge is 0.223 e. The van der Waals surface area contributed by atoms with Gasteiger partial charge in [-0.25, -0.2) is 0 Å². The van der Waals surface area contributed by atoms with Crippen LogP contribution >= 0.6 is 0 Å². The van der Waals surface area contributed by atoms with Gasteiger partial charge in [0.1, 0.15) is 11.4 Å². The molecule has 2 saturated carbocycles. The Kier molecular flexibility index (Phi) is 3.78. The van der Waals surface area contributed by atoms with Crippen molar-refractivity contribution in [1.82, 2.24) is 10.3 Å². The molecule has 0 radical (unpaired) electrons. The minimum Gasteiger partial charge on any atom is -0.486 e. The summed E-state index contributed by atoms with van der Waals surface area (Å²) in [5.41, 5.74) is 1.35. The zero-order chi connectivity index (χ0) is 18.4. The number of fused-ring (bicyclic) bond motifs is 3.